The van der Waals surface area contributed by atoms with Crippen molar-refractivity contribution in [3.05, 3.63) is 122 Å². The Balaban J connectivity index is 4.34. The number of hydrogen-bond acceptors (Lipinski definition) is 7. The third kappa shape index (κ3) is 59.2. The zero-order valence-corrected chi connectivity index (χ0v) is 49.8. The van der Waals surface area contributed by atoms with E-state index in [2.05, 4.69) is 135 Å². The molecule has 1 N–H and O–H groups in total. The van der Waals surface area contributed by atoms with Gasteiger partial charge in [0.25, 0.3) is 6.29 Å². The Bertz CT molecular complexity index is 1670. The molecule has 0 aliphatic heterocycles. The van der Waals surface area contributed by atoms with Crippen molar-refractivity contribution in [2.75, 3.05) is 47.5 Å². The molecule has 9 nitrogen and oxygen atoms in total. The van der Waals surface area contributed by atoms with Crippen molar-refractivity contribution in [2.45, 2.75) is 245 Å². The third-order valence-corrected chi connectivity index (χ3v) is 12.7. The smallest absolute Gasteiger partial charge is 0.361 e. The molecule has 0 aliphatic rings. The van der Waals surface area contributed by atoms with E-state index in [1.165, 1.54) is 103 Å². The number of aliphatic carboxylic acids is 1. The van der Waals surface area contributed by atoms with E-state index in [1.807, 2.05) is 21.1 Å². The van der Waals surface area contributed by atoms with Gasteiger partial charge in [0.15, 0.2) is 6.10 Å². The number of quaternary nitrogens is 1. The Kier molecular flexibility index (Phi) is 54.6. The van der Waals surface area contributed by atoms with Gasteiger partial charge in [0.2, 0.25) is 0 Å². The molecule has 0 aromatic rings. The van der Waals surface area contributed by atoms with Crippen LogP contribution in [0.25, 0.3) is 0 Å². The van der Waals surface area contributed by atoms with Gasteiger partial charge in [-0.15, -0.1) is 0 Å². The number of unbranched alkanes of at least 4 members (excludes halogenated alkanes) is 20. The van der Waals surface area contributed by atoms with Gasteiger partial charge in [-0.2, -0.15) is 0 Å². The standard InChI is InChI=1S/C68H113NO8/c1-6-8-10-12-14-16-18-20-22-24-26-28-29-30-31-32-33-34-35-36-37-39-41-43-45-47-49-51-53-55-57-59-66(71)77-64(63-76-68(67(72)73)74-61-60-69(3,4)5)62-75-65(70)58-56-54-52-50-48-46-44-42-40-38-27-25-23-21-19-17-15-13-11-9-7-2/h8,10,14,16,20,22,25-28,30-31,33-34,36-37,41,43,47,49,64,68H,6-7,9,11-13,15,17-19,21,23-24,29,32,35,38-40,42,44-46,48,50-63H2,1-5H3/p+1/b10-8-,16-14-,22-20-,27-25-,28-26-,31-30-,34-33-,37-36-,43-41-,49-47-. The molecule has 438 valence electrons. The predicted molar refractivity (Wildman–Crippen MR) is 327 cm³/mol. The number of allylic oxidation sites excluding steroid dienone is 20. The van der Waals surface area contributed by atoms with Crippen molar-refractivity contribution in [2.24, 2.45) is 0 Å². The maximum absolute atomic E-state index is 12.9. The summed E-state index contributed by atoms with van der Waals surface area (Å²) in [4.78, 5) is 37.5. The van der Waals surface area contributed by atoms with Crippen molar-refractivity contribution < 1.29 is 42.9 Å². The van der Waals surface area contributed by atoms with E-state index in [4.69, 9.17) is 18.9 Å². The number of carboxylic acids is 1. The fourth-order valence-corrected chi connectivity index (χ4v) is 8.00. The monoisotopic (exact) mass is 1070 g/mol. The number of carbonyl (C=O) groups is 3. The van der Waals surface area contributed by atoms with Crippen molar-refractivity contribution in [1.29, 1.82) is 0 Å². The molecule has 0 saturated carbocycles. The van der Waals surface area contributed by atoms with Crippen LogP contribution in [0.1, 0.15) is 232 Å². The molecular weight excluding hydrogens is 959 g/mol. The SMILES string of the molecule is CC/C=C\C/C=C\C/C=C\C/C=C\C/C=C\C/C=C\C/C=C\C/C=C\C/C=C\CCCCCC(=O)OC(COC(=O)CCCCCCCCCCC/C=C\CCCCCCCCCC)COC(OCC[N+](C)(C)C)C(=O)O. The Hall–Kier alpha value is -4.31. The number of nitrogens with zero attached hydrogens (tertiary/aromatic N) is 1. The fourth-order valence-electron chi connectivity index (χ4n) is 8.00. The summed E-state index contributed by atoms with van der Waals surface area (Å²) in [7, 11) is 5.95. The molecule has 2 atom stereocenters. The van der Waals surface area contributed by atoms with E-state index in [-0.39, 0.29) is 38.6 Å². The maximum Gasteiger partial charge on any atom is 0.361 e. The predicted octanol–water partition coefficient (Wildman–Crippen LogP) is 18.5. The molecule has 0 radical (unpaired) electrons. The number of ether oxygens (including phenoxy) is 4. The summed E-state index contributed by atoms with van der Waals surface area (Å²) >= 11 is 0. The van der Waals surface area contributed by atoms with Crippen molar-refractivity contribution in [1.82, 2.24) is 0 Å². The van der Waals surface area contributed by atoms with E-state index in [0.717, 1.165) is 96.3 Å². The number of rotatable bonds is 55. The molecule has 0 bridgehead atoms. The van der Waals surface area contributed by atoms with Gasteiger partial charge in [0.1, 0.15) is 13.2 Å². The highest BCUT2D eigenvalue weighted by Gasteiger charge is 2.25. The Morgan fingerprint density at radius 3 is 1.13 bits per heavy atom. The molecular formula is C68H114NO8+. The molecule has 0 aliphatic carbocycles. The van der Waals surface area contributed by atoms with Crippen LogP contribution in [0.4, 0.5) is 0 Å². The molecule has 0 amide bonds. The zero-order valence-electron chi connectivity index (χ0n) is 49.8. The molecule has 0 aromatic carbocycles. The Morgan fingerprint density at radius 1 is 0.403 bits per heavy atom. The minimum Gasteiger partial charge on any atom is -0.477 e. The van der Waals surface area contributed by atoms with Crippen LogP contribution in [0, 0.1) is 0 Å². The second-order valence-corrected chi connectivity index (χ2v) is 21.3. The van der Waals surface area contributed by atoms with E-state index in [1.54, 1.807) is 0 Å². The largest absolute Gasteiger partial charge is 0.477 e. The van der Waals surface area contributed by atoms with E-state index < -0.39 is 24.3 Å². The van der Waals surface area contributed by atoms with Gasteiger partial charge in [0, 0.05) is 12.8 Å². The minimum absolute atomic E-state index is 0.174. The molecule has 0 heterocycles. The van der Waals surface area contributed by atoms with Crippen molar-refractivity contribution in [3.63, 3.8) is 0 Å². The normalized spacial score (nSPS) is 13.6. The molecule has 0 fully saturated rings. The van der Waals surface area contributed by atoms with Gasteiger partial charge in [-0.3, -0.25) is 9.59 Å². The summed E-state index contributed by atoms with van der Waals surface area (Å²) in [6.07, 6.45) is 78.5. The summed E-state index contributed by atoms with van der Waals surface area (Å²) in [5.74, 6) is -2.06. The molecule has 0 spiro atoms. The summed E-state index contributed by atoms with van der Waals surface area (Å²) in [5, 5.41) is 9.71. The first kappa shape index (κ1) is 72.7. The lowest BCUT2D eigenvalue weighted by Crippen LogP contribution is -2.40. The van der Waals surface area contributed by atoms with Gasteiger partial charge in [-0.1, -0.05) is 232 Å². The lowest BCUT2D eigenvalue weighted by Gasteiger charge is -2.25. The number of likely N-dealkylation sites (N-methyl/N-ethyl adjacent to an activating group) is 1. The summed E-state index contributed by atoms with van der Waals surface area (Å²) in [5.41, 5.74) is 0. The van der Waals surface area contributed by atoms with Gasteiger partial charge >= 0.3 is 17.9 Å². The first-order valence-electron chi connectivity index (χ1n) is 30.7. The second kappa shape index (κ2) is 57.9. The minimum atomic E-state index is -1.53. The van der Waals surface area contributed by atoms with Gasteiger partial charge in [0.05, 0.1) is 34.4 Å². The maximum atomic E-state index is 12.9. The first-order valence-corrected chi connectivity index (χ1v) is 30.7. The zero-order chi connectivity index (χ0) is 56.2. The Morgan fingerprint density at radius 2 is 0.740 bits per heavy atom. The van der Waals surface area contributed by atoms with E-state index in [0.29, 0.717) is 17.4 Å². The topological polar surface area (TPSA) is 108 Å². The van der Waals surface area contributed by atoms with Crippen molar-refractivity contribution in [3.8, 4) is 0 Å². The number of carbonyl (C=O) groups excluding carboxylic acids is 2. The summed E-state index contributed by atoms with van der Waals surface area (Å²) in [6.45, 7) is 4.72. The third-order valence-electron chi connectivity index (χ3n) is 12.7. The first-order chi connectivity index (χ1) is 37.6. The number of hydrogen-bond donors (Lipinski definition) is 1. The van der Waals surface area contributed by atoms with Gasteiger partial charge in [-0.25, -0.2) is 4.79 Å². The fraction of sp³-hybridized carbons (Fsp3) is 0.662. The highest BCUT2D eigenvalue weighted by molar-refractivity contribution is 5.71. The number of carboxylic acid groups (broad SMARTS) is 1. The van der Waals surface area contributed by atoms with Crippen LogP contribution in [-0.4, -0.2) is 87.4 Å². The summed E-state index contributed by atoms with van der Waals surface area (Å²) < 4.78 is 22.9. The molecule has 0 aromatic heterocycles. The lowest BCUT2D eigenvalue weighted by molar-refractivity contribution is -0.870. The van der Waals surface area contributed by atoms with E-state index >= 15 is 0 Å². The lowest BCUT2D eigenvalue weighted by atomic mass is 10.1. The quantitative estimate of drug-likeness (QED) is 0.0211. The Labute approximate surface area is 472 Å². The average Bonchev–Trinajstić information content (AvgIpc) is 3.40. The molecule has 0 rings (SSSR count). The second-order valence-electron chi connectivity index (χ2n) is 21.3. The molecule has 2 unspecified atom stereocenters. The highest BCUT2D eigenvalue weighted by atomic mass is 16.7. The summed E-state index contributed by atoms with van der Waals surface area (Å²) in [6, 6.07) is 0. The van der Waals surface area contributed by atoms with Gasteiger partial charge < -0.3 is 28.5 Å². The average molecular weight is 1070 g/mol. The van der Waals surface area contributed by atoms with Crippen molar-refractivity contribution >= 4 is 17.9 Å². The van der Waals surface area contributed by atoms with Crippen LogP contribution in [-0.2, 0) is 33.3 Å². The molecule has 77 heavy (non-hydrogen) atoms. The van der Waals surface area contributed by atoms with Crippen LogP contribution in [0.2, 0.25) is 0 Å². The van der Waals surface area contributed by atoms with Crippen LogP contribution in [0.3, 0.4) is 0 Å². The van der Waals surface area contributed by atoms with Crippen LogP contribution >= 0.6 is 0 Å². The molecule has 9 heteroatoms. The van der Waals surface area contributed by atoms with E-state index in [9.17, 15) is 19.5 Å². The highest BCUT2D eigenvalue weighted by Crippen LogP contribution is 2.15. The van der Waals surface area contributed by atoms with Crippen LogP contribution < -0.4 is 0 Å². The van der Waals surface area contributed by atoms with Crippen LogP contribution in [0.15, 0.2) is 122 Å². The number of esters is 2. The molecule has 0 saturated heterocycles. The van der Waals surface area contributed by atoms with Crippen LogP contribution in [0.5, 0.6) is 0 Å². The van der Waals surface area contributed by atoms with Gasteiger partial charge in [-0.05, 0) is 109 Å².